The smallest absolute Gasteiger partial charge is 0.384 e. The lowest BCUT2D eigenvalue weighted by molar-refractivity contribution is -0.141. The maximum Gasteiger partial charge on any atom is 0.433 e. The van der Waals surface area contributed by atoms with Crippen molar-refractivity contribution in [3.63, 3.8) is 0 Å². The minimum absolute atomic E-state index is 0.138. The summed E-state index contributed by atoms with van der Waals surface area (Å²) in [6.45, 7) is 0. The fourth-order valence-corrected chi connectivity index (χ4v) is 2.92. The normalized spacial score (nSPS) is 12.1. The molecule has 0 atom stereocenters. The Labute approximate surface area is 174 Å². The lowest BCUT2D eigenvalue weighted by Crippen LogP contribution is -2.21. The first-order chi connectivity index (χ1) is 14.3. The molecule has 0 spiro atoms. The van der Waals surface area contributed by atoms with Crippen molar-refractivity contribution in [3.8, 4) is 11.3 Å². The predicted molar refractivity (Wildman–Crippen MR) is 98.1 cm³/mol. The number of hydrogen-bond acceptors (Lipinski definition) is 5. The molecule has 0 aromatic carbocycles. The van der Waals surface area contributed by atoms with Crippen molar-refractivity contribution in [1.82, 2.24) is 19.7 Å². The van der Waals surface area contributed by atoms with E-state index in [4.69, 9.17) is 17.3 Å². The summed E-state index contributed by atoms with van der Waals surface area (Å²) in [5.74, 6) is -1.48. The summed E-state index contributed by atoms with van der Waals surface area (Å²) in [7, 11) is 1.07. The number of alkyl halides is 6. The van der Waals surface area contributed by atoms with E-state index in [2.05, 4.69) is 15.1 Å². The molecule has 0 saturated heterocycles. The number of carbonyl (C=O) groups excluding carboxylic acids is 1. The first-order valence-corrected chi connectivity index (χ1v) is 8.57. The average Bonchev–Trinajstić information content (AvgIpc) is 3.00. The molecule has 0 radical (unpaired) electrons. The van der Waals surface area contributed by atoms with Gasteiger partial charge in [0.25, 0.3) is 5.91 Å². The van der Waals surface area contributed by atoms with E-state index in [1.54, 1.807) is 0 Å². The number of amides is 1. The Bertz CT molecular complexity index is 1160. The first-order valence-electron chi connectivity index (χ1n) is 8.19. The number of anilines is 2. The highest BCUT2D eigenvalue weighted by Gasteiger charge is 2.42. The van der Waals surface area contributed by atoms with Crippen LogP contribution in [0.3, 0.4) is 0 Å². The summed E-state index contributed by atoms with van der Waals surface area (Å²) in [4.78, 5) is 19.4. The van der Waals surface area contributed by atoms with Crippen molar-refractivity contribution in [2.45, 2.75) is 12.4 Å². The molecule has 3 aromatic rings. The summed E-state index contributed by atoms with van der Waals surface area (Å²) in [5.41, 5.74) is 0.484. The summed E-state index contributed by atoms with van der Waals surface area (Å²) in [6, 6.07) is 2.54. The Morgan fingerprint density at radius 2 is 1.81 bits per heavy atom. The quantitative estimate of drug-likeness (QED) is 0.560. The highest BCUT2D eigenvalue weighted by atomic mass is 35.5. The number of aryl methyl sites for hydroxylation is 1. The molecule has 14 heteroatoms. The number of aromatic nitrogens is 4. The minimum atomic E-state index is -5.06. The zero-order chi connectivity index (χ0) is 23.1. The molecular formula is C17H11ClF6N6O. The number of halogens is 7. The van der Waals surface area contributed by atoms with Crippen molar-refractivity contribution in [3.05, 3.63) is 52.6 Å². The van der Waals surface area contributed by atoms with Crippen LogP contribution in [0.15, 0.2) is 30.6 Å². The van der Waals surface area contributed by atoms with Crippen molar-refractivity contribution < 1.29 is 31.1 Å². The molecular weight excluding hydrogens is 454 g/mol. The van der Waals surface area contributed by atoms with Crippen LogP contribution in [0.1, 0.15) is 21.7 Å². The molecule has 3 N–H and O–H groups in total. The van der Waals surface area contributed by atoms with Crippen LogP contribution in [0.5, 0.6) is 0 Å². The van der Waals surface area contributed by atoms with Gasteiger partial charge in [0.15, 0.2) is 0 Å². The van der Waals surface area contributed by atoms with E-state index in [1.807, 2.05) is 5.32 Å². The van der Waals surface area contributed by atoms with Crippen molar-refractivity contribution in [2.24, 2.45) is 7.05 Å². The fraction of sp³-hybridized carbons (Fsp3) is 0.176. The van der Waals surface area contributed by atoms with Crippen LogP contribution in [-0.2, 0) is 19.4 Å². The van der Waals surface area contributed by atoms with Gasteiger partial charge in [-0.2, -0.15) is 31.4 Å². The highest BCUT2D eigenvalue weighted by molar-refractivity contribution is 6.33. The van der Waals surface area contributed by atoms with Gasteiger partial charge in [-0.15, -0.1) is 0 Å². The van der Waals surface area contributed by atoms with Crippen LogP contribution in [-0.4, -0.2) is 25.7 Å². The Hall–Kier alpha value is -3.35. The molecule has 0 bridgehead atoms. The topological polar surface area (TPSA) is 98.7 Å². The molecule has 3 aromatic heterocycles. The van der Waals surface area contributed by atoms with Crippen LogP contribution < -0.4 is 11.1 Å². The van der Waals surface area contributed by atoms with Gasteiger partial charge in [-0.25, -0.2) is 4.98 Å². The highest BCUT2D eigenvalue weighted by Crippen LogP contribution is 2.41. The van der Waals surface area contributed by atoms with Crippen LogP contribution in [0.4, 0.5) is 37.8 Å². The Kier molecular flexibility index (Phi) is 5.56. The monoisotopic (exact) mass is 464 g/mol. The maximum absolute atomic E-state index is 13.9. The molecule has 0 aliphatic carbocycles. The number of nitrogen functional groups attached to an aromatic ring is 1. The molecule has 0 fully saturated rings. The van der Waals surface area contributed by atoms with Crippen molar-refractivity contribution in [2.75, 3.05) is 11.1 Å². The molecule has 1 amide bonds. The molecule has 0 aliphatic heterocycles. The lowest BCUT2D eigenvalue weighted by atomic mass is 10.1. The number of carbonyl (C=O) groups is 1. The van der Waals surface area contributed by atoms with Crippen LogP contribution in [0.2, 0.25) is 5.02 Å². The second-order valence-electron chi connectivity index (χ2n) is 6.16. The van der Waals surface area contributed by atoms with E-state index in [1.165, 1.54) is 0 Å². The number of nitrogens with two attached hydrogens (primary N) is 1. The number of nitrogens with one attached hydrogen (secondary N) is 1. The number of hydrogen-bond donors (Lipinski definition) is 2. The van der Waals surface area contributed by atoms with E-state index in [0.29, 0.717) is 10.7 Å². The average molecular weight is 465 g/mol. The third-order valence-electron chi connectivity index (χ3n) is 3.99. The van der Waals surface area contributed by atoms with Gasteiger partial charge in [-0.05, 0) is 18.2 Å². The van der Waals surface area contributed by atoms with E-state index in [9.17, 15) is 31.1 Å². The second kappa shape index (κ2) is 7.72. The molecule has 0 unspecified atom stereocenters. The largest absolute Gasteiger partial charge is 0.433 e. The Morgan fingerprint density at radius 3 is 2.42 bits per heavy atom. The molecule has 164 valence electrons. The Morgan fingerprint density at radius 1 is 1.13 bits per heavy atom. The van der Waals surface area contributed by atoms with Crippen LogP contribution >= 0.6 is 11.6 Å². The van der Waals surface area contributed by atoms with Crippen molar-refractivity contribution in [1.29, 1.82) is 0 Å². The zero-order valence-corrected chi connectivity index (χ0v) is 16.1. The van der Waals surface area contributed by atoms with Gasteiger partial charge in [0.1, 0.15) is 28.5 Å². The van der Waals surface area contributed by atoms with Gasteiger partial charge in [-0.3, -0.25) is 14.5 Å². The zero-order valence-electron chi connectivity index (χ0n) is 15.3. The molecule has 0 saturated carbocycles. The second-order valence-corrected chi connectivity index (χ2v) is 6.57. The third-order valence-corrected chi connectivity index (χ3v) is 4.29. The standard InChI is InChI=1S/C17H11ClF6N6O/c1-30-14(15(31)28-7-2-3-26-10(4-7)16(19,20)21)12(17(22,23)24)13(29-30)8-5-11(25)27-6-9(8)18/h2-6H,1H3,(H2,25,27)(H,26,28,31). The van der Waals surface area contributed by atoms with Gasteiger partial charge in [0, 0.05) is 30.7 Å². The van der Waals surface area contributed by atoms with E-state index >= 15 is 0 Å². The van der Waals surface area contributed by atoms with Gasteiger partial charge >= 0.3 is 12.4 Å². The fourth-order valence-electron chi connectivity index (χ4n) is 2.73. The van der Waals surface area contributed by atoms with Gasteiger partial charge in [-0.1, -0.05) is 11.6 Å². The van der Waals surface area contributed by atoms with E-state index in [0.717, 1.165) is 31.6 Å². The summed E-state index contributed by atoms with van der Waals surface area (Å²) in [6.07, 6.45) is -8.09. The lowest BCUT2D eigenvalue weighted by Gasteiger charge is -2.12. The maximum atomic E-state index is 13.9. The van der Waals surface area contributed by atoms with E-state index in [-0.39, 0.29) is 16.4 Å². The summed E-state index contributed by atoms with van der Waals surface area (Å²) < 4.78 is 80.7. The SMILES string of the molecule is Cn1nc(-c2cc(N)ncc2Cl)c(C(F)(F)F)c1C(=O)Nc1ccnc(C(F)(F)F)c1. The minimum Gasteiger partial charge on any atom is -0.384 e. The first kappa shape index (κ1) is 22.3. The number of pyridine rings is 2. The number of nitrogens with zero attached hydrogens (tertiary/aromatic N) is 4. The van der Waals surface area contributed by atoms with Gasteiger partial charge in [0.2, 0.25) is 0 Å². The molecule has 3 rings (SSSR count). The van der Waals surface area contributed by atoms with Gasteiger partial charge in [0.05, 0.1) is 5.02 Å². The molecule has 7 nitrogen and oxygen atoms in total. The third kappa shape index (κ3) is 4.55. The van der Waals surface area contributed by atoms with Crippen molar-refractivity contribution >= 4 is 29.0 Å². The van der Waals surface area contributed by atoms with Crippen LogP contribution in [0.25, 0.3) is 11.3 Å². The van der Waals surface area contributed by atoms with E-state index < -0.39 is 46.6 Å². The molecule has 0 aliphatic rings. The van der Waals surface area contributed by atoms with Gasteiger partial charge < -0.3 is 11.1 Å². The predicted octanol–water partition coefficient (Wildman–Crippen LogP) is 4.40. The summed E-state index contributed by atoms with van der Waals surface area (Å²) >= 11 is 5.94. The summed E-state index contributed by atoms with van der Waals surface area (Å²) in [5, 5.41) is 5.55. The molecule has 3 heterocycles. The molecule has 31 heavy (non-hydrogen) atoms. The Balaban J connectivity index is 2.11. The van der Waals surface area contributed by atoms with Crippen LogP contribution in [0, 0.1) is 0 Å². The number of rotatable bonds is 3.